The summed E-state index contributed by atoms with van der Waals surface area (Å²) < 4.78 is 4.91. The Bertz CT molecular complexity index is 514. The van der Waals surface area contributed by atoms with Crippen LogP contribution in [-0.2, 0) is 5.41 Å². The van der Waals surface area contributed by atoms with Crippen molar-refractivity contribution in [2.45, 2.75) is 26.2 Å². The van der Waals surface area contributed by atoms with E-state index in [0.29, 0.717) is 10.0 Å². The lowest BCUT2D eigenvalue weighted by Crippen LogP contribution is -2.12. The maximum absolute atomic E-state index is 6.22. The fourth-order valence-corrected chi connectivity index (χ4v) is 2.86. The second-order valence-corrected chi connectivity index (χ2v) is 5.99. The molecule has 2 nitrogen and oxygen atoms in total. The predicted octanol–water partition coefficient (Wildman–Crippen LogP) is 4.30. The third-order valence-electron chi connectivity index (χ3n) is 2.19. The van der Waals surface area contributed by atoms with E-state index >= 15 is 0 Å². The normalized spacial score (nSPS) is 12.3. The number of benzene rings is 1. The van der Waals surface area contributed by atoms with Crippen molar-refractivity contribution >= 4 is 45.0 Å². The van der Waals surface area contributed by atoms with E-state index in [1.54, 1.807) is 0 Å². The van der Waals surface area contributed by atoms with Crippen LogP contribution < -0.4 is 0 Å². The summed E-state index contributed by atoms with van der Waals surface area (Å²) in [7, 11) is 0. The van der Waals surface area contributed by atoms with Gasteiger partial charge in [-0.15, -0.1) is 5.10 Å². The summed E-state index contributed by atoms with van der Waals surface area (Å²) in [5, 5.41) is 5.27. The lowest BCUT2D eigenvalue weighted by atomic mass is 9.86. The molecular weight excluding hydrogens is 251 g/mol. The molecule has 0 unspecified atom stereocenters. The molecule has 0 saturated heterocycles. The molecule has 0 atom stereocenters. The maximum Gasteiger partial charge on any atom is 0.111 e. The van der Waals surface area contributed by atoms with Gasteiger partial charge in [-0.3, -0.25) is 0 Å². The minimum absolute atomic E-state index is 0.0873. The van der Waals surface area contributed by atoms with Crippen LogP contribution in [0.1, 0.15) is 26.3 Å². The van der Waals surface area contributed by atoms with E-state index < -0.39 is 0 Å². The molecule has 0 fully saturated rings. The largest absolute Gasteiger partial charge is 0.138 e. The highest BCUT2D eigenvalue weighted by molar-refractivity contribution is 7.13. The average Bonchev–Trinajstić information content (AvgIpc) is 2.50. The SMILES string of the molecule is CC(C)(C)c1c(Cl)c(Cl)cc2snnc12. The molecular formula is C10H10Cl2N2S. The van der Waals surface area contributed by atoms with E-state index in [2.05, 4.69) is 30.4 Å². The summed E-state index contributed by atoms with van der Waals surface area (Å²) in [6.07, 6.45) is 0. The molecule has 0 aliphatic rings. The van der Waals surface area contributed by atoms with Gasteiger partial charge in [0.15, 0.2) is 0 Å². The van der Waals surface area contributed by atoms with E-state index in [4.69, 9.17) is 23.2 Å². The van der Waals surface area contributed by atoms with Crippen molar-refractivity contribution in [1.29, 1.82) is 0 Å². The minimum atomic E-state index is -0.0873. The fraction of sp³-hybridized carbons (Fsp3) is 0.400. The van der Waals surface area contributed by atoms with Gasteiger partial charge >= 0.3 is 0 Å². The summed E-state index contributed by atoms with van der Waals surface area (Å²) in [6.45, 7) is 6.26. The zero-order valence-corrected chi connectivity index (χ0v) is 11.0. The molecule has 0 bridgehead atoms. The van der Waals surface area contributed by atoms with E-state index in [9.17, 15) is 0 Å². The van der Waals surface area contributed by atoms with Crippen LogP contribution in [0.25, 0.3) is 10.2 Å². The molecule has 0 radical (unpaired) electrons. The number of rotatable bonds is 0. The van der Waals surface area contributed by atoms with Gasteiger partial charge in [0, 0.05) is 5.56 Å². The van der Waals surface area contributed by atoms with Crippen molar-refractivity contribution in [3.63, 3.8) is 0 Å². The Hall–Kier alpha value is -0.380. The molecule has 15 heavy (non-hydrogen) atoms. The van der Waals surface area contributed by atoms with E-state index in [1.807, 2.05) is 6.07 Å². The summed E-state index contributed by atoms with van der Waals surface area (Å²) in [4.78, 5) is 0. The fourth-order valence-electron chi connectivity index (χ4n) is 1.55. The van der Waals surface area contributed by atoms with Crippen molar-refractivity contribution in [3.8, 4) is 0 Å². The van der Waals surface area contributed by atoms with Gasteiger partial charge in [0.2, 0.25) is 0 Å². The molecule has 2 aromatic rings. The maximum atomic E-state index is 6.22. The van der Waals surface area contributed by atoms with Gasteiger partial charge in [0.25, 0.3) is 0 Å². The Morgan fingerprint density at radius 1 is 1.27 bits per heavy atom. The highest BCUT2D eigenvalue weighted by Gasteiger charge is 2.24. The van der Waals surface area contributed by atoms with Crippen molar-refractivity contribution in [3.05, 3.63) is 21.7 Å². The van der Waals surface area contributed by atoms with Crippen LogP contribution >= 0.6 is 34.7 Å². The zero-order chi connectivity index (χ0) is 11.2. The number of halogens is 2. The Labute approximate surface area is 102 Å². The lowest BCUT2D eigenvalue weighted by Gasteiger charge is -2.21. The quantitative estimate of drug-likeness (QED) is 0.706. The van der Waals surface area contributed by atoms with Crippen molar-refractivity contribution < 1.29 is 0 Å². The van der Waals surface area contributed by atoms with E-state index in [0.717, 1.165) is 15.8 Å². The van der Waals surface area contributed by atoms with Crippen molar-refractivity contribution in [1.82, 2.24) is 9.59 Å². The molecule has 1 aromatic heterocycles. The molecule has 80 valence electrons. The monoisotopic (exact) mass is 260 g/mol. The first-order valence-electron chi connectivity index (χ1n) is 4.52. The number of fused-ring (bicyclic) bond motifs is 1. The number of hydrogen-bond acceptors (Lipinski definition) is 3. The molecule has 0 saturated carbocycles. The minimum Gasteiger partial charge on any atom is -0.138 e. The van der Waals surface area contributed by atoms with Gasteiger partial charge < -0.3 is 0 Å². The van der Waals surface area contributed by atoms with Crippen molar-refractivity contribution in [2.24, 2.45) is 0 Å². The topological polar surface area (TPSA) is 25.8 Å². The molecule has 2 rings (SSSR count). The Morgan fingerprint density at radius 2 is 1.93 bits per heavy atom. The standard InChI is InChI=1S/C10H10Cl2N2S/c1-10(2,3)7-8(12)5(11)4-6-9(7)13-14-15-6/h4H,1-3H3. The van der Waals surface area contributed by atoms with Crippen molar-refractivity contribution in [2.75, 3.05) is 0 Å². The third kappa shape index (κ3) is 1.84. The van der Waals surface area contributed by atoms with Crippen LogP contribution in [0.2, 0.25) is 10.0 Å². The molecule has 1 aromatic carbocycles. The first-order chi connectivity index (χ1) is 6.91. The first kappa shape index (κ1) is 11.1. The number of hydrogen-bond donors (Lipinski definition) is 0. The Balaban J connectivity index is 2.90. The third-order valence-corrected chi connectivity index (χ3v) is 3.65. The molecule has 0 aliphatic heterocycles. The summed E-state index contributed by atoms with van der Waals surface area (Å²) in [5.41, 5.74) is 1.75. The smallest absolute Gasteiger partial charge is 0.111 e. The molecule has 0 aliphatic carbocycles. The summed E-state index contributed by atoms with van der Waals surface area (Å²) in [5.74, 6) is 0. The van der Waals surface area contributed by atoms with Crippen LogP contribution in [-0.4, -0.2) is 9.59 Å². The van der Waals surface area contributed by atoms with Gasteiger partial charge in [-0.25, -0.2) is 0 Å². The average molecular weight is 261 g/mol. The first-order valence-corrected chi connectivity index (χ1v) is 6.04. The number of aromatic nitrogens is 2. The van der Waals surface area contributed by atoms with Gasteiger partial charge in [0.1, 0.15) is 5.52 Å². The highest BCUT2D eigenvalue weighted by atomic mass is 35.5. The van der Waals surface area contributed by atoms with E-state index in [1.165, 1.54) is 11.5 Å². The molecule has 0 spiro atoms. The predicted molar refractivity (Wildman–Crippen MR) is 66.1 cm³/mol. The van der Waals surface area contributed by atoms with Crippen LogP contribution in [0.15, 0.2) is 6.07 Å². The number of nitrogens with zero attached hydrogens (tertiary/aromatic N) is 2. The van der Waals surface area contributed by atoms with Crippen LogP contribution in [0.5, 0.6) is 0 Å². The Kier molecular flexibility index (Phi) is 2.65. The van der Waals surface area contributed by atoms with Gasteiger partial charge in [-0.05, 0) is 23.0 Å². The van der Waals surface area contributed by atoms with E-state index in [-0.39, 0.29) is 5.41 Å². The Morgan fingerprint density at radius 3 is 2.53 bits per heavy atom. The second kappa shape index (κ2) is 3.58. The zero-order valence-electron chi connectivity index (χ0n) is 8.64. The van der Waals surface area contributed by atoms with Gasteiger partial charge in [-0.2, -0.15) is 0 Å². The van der Waals surface area contributed by atoms with Gasteiger partial charge in [-0.1, -0.05) is 48.5 Å². The lowest BCUT2D eigenvalue weighted by molar-refractivity contribution is 0.594. The summed E-state index contributed by atoms with van der Waals surface area (Å²) in [6, 6.07) is 1.82. The van der Waals surface area contributed by atoms with Crippen LogP contribution in [0, 0.1) is 0 Å². The molecule has 0 N–H and O–H groups in total. The molecule has 0 amide bonds. The molecule has 1 heterocycles. The second-order valence-electron chi connectivity index (χ2n) is 4.42. The highest BCUT2D eigenvalue weighted by Crippen LogP contribution is 2.40. The summed E-state index contributed by atoms with van der Waals surface area (Å²) >= 11 is 13.6. The molecule has 5 heteroatoms. The van der Waals surface area contributed by atoms with Crippen LogP contribution in [0.3, 0.4) is 0 Å². The van der Waals surface area contributed by atoms with Crippen LogP contribution in [0.4, 0.5) is 0 Å². The van der Waals surface area contributed by atoms with Gasteiger partial charge in [0.05, 0.1) is 14.7 Å².